The van der Waals surface area contributed by atoms with Gasteiger partial charge in [-0.3, -0.25) is 0 Å². The Bertz CT molecular complexity index is 388. The van der Waals surface area contributed by atoms with Crippen molar-refractivity contribution in [2.24, 2.45) is 5.92 Å². The molecule has 0 N–H and O–H groups in total. The molecule has 0 unspecified atom stereocenters. The van der Waals surface area contributed by atoms with Gasteiger partial charge in [-0.15, -0.1) is 0 Å². The molecule has 0 aromatic heterocycles. The molecule has 0 aliphatic heterocycles. The molecule has 0 bridgehead atoms. The van der Waals surface area contributed by atoms with Crippen LogP contribution >= 0.6 is 35.0 Å². The number of benzene rings is 1. The maximum Gasteiger partial charge on any atom is 0.0432 e. The quantitative estimate of drug-likeness (QED) is 0.606. The molecule has 0 aliphatic rings. The fourth-order valence-electron chi connectivity index (χ4n) is 1.25. The summed E-state index contributed by atoms with van der Waals surface area (Å²) >= 11 is 13.6. The Labute approximate surface area is 112 Å². The van der Waals surface area contributed by atoms with Crippen molar-refractivity contribution in [2.45, 2.75) is 32.6 Å². The van der Waals surface area contributed by atoms with Gasteiger partial charge in [0.15, 0.2) is 0 Å². The average molecular weight is 275 g/mol. The molecule has 1 aromatic rings. The van der Waals surface area contributed by atoms with Crippen LogP contribution in [-0.4, -0.2) is 0 Å². The average Bonchev–Trinajstić information content (AvgIpc) is 2.14. The minimum atomic E-state index is 0.571. The van der Waals surface area contributed by atoms with E-state index in [0.717, 1.165) is 4.90 Å². The summed E-state index contributed by atoms with van der Waals surface area (Å²) < 4.78 is 0. The van der Waals surface area contributed by atoms with E-state index in [2.05, 4.69) is 27.7 Å². The third-order valence-corrected chi connectivity index (χ3v) is 4.06. The Morgan fingerprint density at radius 1 is 1.06 bits per heavy atom. The van der Waals surface area contributed by atoms with Crippen LogP contribution in [0, 0.1) is 5.92 Å². The van der Waals surface area contributed by atoms with Crippen molar-refractivity contribution < 1.29 is 0 Å². The second-order valence-corrected chi connectivity index (χ2v) is 6.26. The molecule has 1 rings (SSSR count). The topological polar surface area (TPSA) is 0 Å². The summed E-state index contributed by atoms with van der Waals surface area (Å²) in [6, 6.07) is 5.63. The van der Waals surface area contributed by atoms with Gasteiger partial charge in [0, 0.05) is 14.9 Å². The maximum atomic E-state index is 5.96. The van der Waals surface area contributed by atoms with E-state index in [0.29, 0.717) is 16.0 Å². The molecule has 0 nitrogen and oxygen atoms in total. The summed E-state index contributed by atoms with van der Waals surface area (Å²) in [7, 11) is 0. The SMILES string of the molecule is C/C(Sc1cc(Cl)cc(Cl)c1)=C(\C)C(C)C. The number of thioether (sulfide) groups is 1. The zero-order chi connectivity index (χ0) is 12.3. The Balaban J connectivity index is 2.93. The molecule has 0 heterocycles. The number of rotatable bonds is 3. The largest absolute Gasteiger partial charge is 0.0948 e. The predicted octanol–water partition coefficient (Wildman–Crippen LogP) is 6.04. The van der Waals surface area contributed by atoms with Crippen LogP contribution in [0.4, 0.5) is 0 Å². The molecule has 0 atom stereocenters. The lowest BCUT2D eigenvalue weighted by Crippen LogP contribution is -1.91. The molecule has 3 heteroatoms. The van der Waals surface area contributed by atoms with Crippen molar-refractivity contribution >= 4 is 35.0 Å². The highest BCUT2D eigenvalue weighted by Crippen LogP contribution is 2.33. The van der Waals surface area contributed by atoms with Crippen LogP contribution in [0.3, 0.4) is 0 Å². The molecule has 0 aliphatic carbocycles. The summed E-state index contributed by atoms with van der Waals surface area (Å²) in [4.78, 5) is 2.41. The monoisotopic (exact) mass is 274 g/mol. The molecule has 0 fully saturated rings. The highest BCUT2D eigenvalue weighted by atomic mass is 35.5. The molecule has 88 valence electrons. The molecule has 16 heavy (non-hydrogen) atoms. The van der Waals surface area contributed by atoms with Gasteiger partial charge in [0.25, 0.3) is 0 Å². The van der Waals surface area contributed by atoms with Crippen molar-refractivity contribution in [1.29, 1.82) is 0 Å². The van der Waals surface area contributed by atoms with Gasteiger partial charge in [-0.1, -0.05) is 54.4 Å². The van der Waals surface area contributed by atoms with Crippen LogP contribution in [0.1, 0.15) is 27.7 Å². The Morgan fingerprint density at radius 3 is 2.00 bits per heavy atom. The summed E-state index contributed by atoms with van der Waals surface area (Å²) in [5.41, 5.74) is 1.40. The van der Waals surface area contributed by atoms with Crippen molar-refractivity contribution in [3.8, 4) is 0 Å². The van der Waals surface area contributed by atoms with Crippen LogP contribution in [0.15, 0.2) is 33.6 Å². The predicted molar refractivity (Wildman–Crippen MR) is 75.5 cm³/mol. The van der Waals surface area contributed by atoms with Crippen LogP contribution in [0.25, 0.3) is 0 Å². The summed E-state index contributed by atoms with van der Waals surface area (Å²) in [5, 5.41) is 1.37. The first-order valence-electron chi connectivity index (χ1n) is 5.21. The normalized spacial score (nSPS) is 12.9. The Morgan fingerprint density at radius 2 is 1.56 bits per heavy atom. The third-order valence-electron chi connectivity index (χ3n) is 2.53. The molecular weight excluding hydrogens is 259 g/mol. The van der Waals surface area contributed by atoms with Crippen LogP contribution in [0.5, 0.6) is 0 Å². The first-order chi connectivity index (χ1) is 7.40. The zero-order valence-corrected chi connectivity index (χ0v) is 12.3. The smallest absolute Gasteiger partial charge is 0.0432 e. The van der Waals surface area contributed by atoms with E-state index in [4.69, 9.17) is 23.2 Å². The van der Waals surface area contributed by atoms with E-state index in [9.17, 15) is 0 Å². The van der Waals surface area contributed by atoms with Gasteiger partial charge in [-0.2, -0.15) is 0 Å². The number of hydrogen-bond acceptors (Lipinski definition) is 1. The molecule has 0 saturated heterocycles. The molecule has 0 saturated carbocycles. The standard InChI is InChI=1S/C13H16Cl2S/c1-8(2)9(3)10(4)16-13-6-11(14)5-12(15)7-13/h5-8H,1-4H3/b10-9-. The van der Waals surface area contributed by atoms with Gasteiger partial charge < -0.3 is 0 Å². The van der Waals surface area contributed by atoms with E-state index in [-0.39, 0.29) is 0 Å². The van der Waals surface area contributed by atoms with E-state index in [1.165, 1.54) is 10.5 Å². The maximum absolute atomic E-state index is 5.96. The van der Waals surface area contributed by atoms with E-state index in [1.54, 1.807) is 17.8 Å². The molecule has 1 aromatic carbocycles. The van der Waals surface area contributed by atoms with Gasteiger partial charge in [-0.25, -0.2) is 0 Å². The summed E-state index contributed by atoms with van der Waals surface area (Å²) in [6.45, 7) is 8.70. The summed E-state index contributed by atoms with van der Waals surface area (Å²) in [5.74, 6) is 0.571. The van der Waals surface area contributed by atoms with Crippen molar-refractivity contribution in [2.75, 3.05) is 0 Å². The lowest BCUT2D eigenvalue weighted by molar-refractivity contribution is 0.765. The van der Waals surface area contributed by atoms with Gasteiger partial charge >= 0.3 is 0 Å². The van der Waals surface area contributed by atoms with E-state index in [1.807, 2.05) is 12.1 Å². The number of allylic oxidation sites excluding steroid dienone is 2. The van der Waals surface area contributed by atoms with Gasteiger partial charge in [0.05, 0.1) is 0 Å². The highest BCUT2D eigenvalue weighted by molar-refractivity contribution is 8.03. The minimum absolute atomic E-state index is 0.571. The molecular formula is C13H16Cl2S. The Kier molecular flexibility index (Phi) is 5.23. The summed E-state index contributed by atoms with van der Waals surface area (Å²) in [6.07, 6.45) is 0. The first kappa shape index (κ1) is 14.0. The van der Waals surface area contributed by atoms with Crippen molar-refractivity contribution in [3.63, 3.8) is 0 Å². The zero-order valence-electron chi connectivity index (χ0n) is 9.97. The van der Waals surface area contributed by atoms with E-state index < -0.39 is 0 Å². The minimum Gasteiger partial charge on any atom is -0.0948 e. The van der Waals surface area contributed by atoms with E-state index >= 15 is 0 Å². The Hall–Kier alpha value is -0.110. The molecule has 0 spiro atoms. The van der Waals surface area contributed by atoms with Crippen LogP contribution in [-0.2, 0) is 0 Å². The highest BCUT2D eigenvalue weighted by Gasteiger charge is 2.05. The number of hydrogen-bond donors (Lipinski definition) is 0. The van der Waals surface area contributed by atoms with Gasteiger partial charge in [-0.05, 0) is 42.9 Å². The lowest BCUT2D eigenvalue weighted by atomic mass is 10.1. The molecule has 0 radical (unpaired) electrons. The lowest BCUT2D eigenvalue weighted by Gasteiger charge is -2.11. The van der Waals surface area contributed by atoms with Gasteiger partial charge in [0.2, 0.25) is 0 Å². The first-order valence-corrected chi connectivity index (χ1v) is 6.78. The second-order valence-electron chi connectivity index (χ2n) is 4.10. The van der Waals surface area contributed by atoms with Crippen LogP contribution < -0.4 is 0 Å². The van der Waals surface area contributed by atoms with Gasteiger partial charge in [0.1, 0.15) is 0 Å². The van der Waals surface area contributed by atoms with Crippen molar-refractivity contribution in [3.05, 3.63) is 38.7 Å². The molecule has 0 amide bonds. The second kappa shape index (κ2) is 6.00. The fourth-order valence-corrected chi connectivity index (χ4v) is 3.03. The van der Waals surface area contributed by atoms with Crippen LogP contribution in [0.2, 0.25) is 10.0 Å². The number of halogens is 2. The van der Waals surface area contributed by atoms with Crippen molar-refractivity contribution in [1.82, 2.24) is 0 Å². The fraction of sp³-hybridized carbons (Fsp3) is 0.385. The third kappa shape index (κ3) is 4.04.